The number of hydrogen-bond acceptors (Lipinski definition) is 5. The van der Waals surface area contributed by atoms with Crippen LogP contribution in [0.3, 0.4) is 0 Å². The molecule has 0 atom stereocenters. The molecule has 0 bridgehead atoms. The zero-order chi connectivity index (χ0) is 25.0. The minimum atomic E-state index is -0.843. The number of anilines is 1. The number of hydrogen-bond donors (Lipinski definition) is 3. The lowest BCUT2D eigenvalue weighted by Crippen LogP contribution is -2.38. The highest BCUT2D eigenvalue weighted by Gasteiger charge is 2.11. The molecule has 0 spiro atoms. The summed E-state index contributed by atoms with van der Waals surface area (Å²) in [5.41, 5.74) is 6.71. The number of ether oxygens (including phenoxy) is 1. The van der Waals surface area contributed by atoms with Crippen molar-refractivity contribution in [2.24, 2.45) is 5.10 Å². The Morgan fingerprint density at radius 1 is 0.857 bits per heavy atom. The van der Waals surface area contributed by atoms with E-state index in [2.05, 4.69) is 21.2 Å². The van der Waals surface area contributed by atoms with Gasteiger partial charge in [-0.25, -0.2) is 5.43 Å². The first-order valence-corrected chi connectivity index (χ1v) is 11.2. The fourth-order valence-corrected chi connectivity index (χ4v) is 3.25. The number of carbonyl (C=O) groups is 3. The first-order valence-electron chi connectivity index (χ1n) is 11.2. The molecular weight excluding hydrogens is 444 g/mol. The second-order valence-corrected chi connectivity index (χ2v) is 7.86. The molecule has 180 valence electrons. The quantitative estimate of drug-likeness (QED) is 0.253. The number of nitrogens with one attached hydrogen (secondary N) is 3. The van der Waals surface area contributed by atoms with Crippen molar-refractivity contribution in [3.8, 4) is 5.75 Å². The van der Waals surface area contributed by atoms with Crippen molar-refractivity contribution in [1.29, 1.82) is 0 Å². The van der Waals surface area contributed by atoms with Gasteiger partial charge in [0.2, 0.25) is 0 Å². The molecule has 3 N–H and O–H groups in total. The molecule has 0 radical (unpaired) electrons. The molecule has 0 saturated carbocycles. The fourth-order valence-electron chi connectivity index (χ4n) is 3.25. The molecule has 0 aliphatic carbocycles. The van der Waals surface area contributed by atoms with Crippen LogP contribution in [0.2, 0.25) is 0 Å². The third-order valence-electron chi connectivity index (χ3n) is 5.12. The molecule has 0 saturated heterocycles. The molecule has 0 heterocycles. The molecular formula is C27H28N4O4. The van der Waals surface area contributed by atoms with Crippen LogP contribution in [-0.4, -0.2) is 37.1 Å². The van der Waals surface area contributed by atoms with E-state index < -0.39 is 11.8 Å². The molecule has 3 amide bonds. The van der Waals surface area contributed by atoms with E-state index in [4.69, 9.17) is 4.74 Å². The highest BCUT2D eigenvalue weighted by Crippen LogP contribution is 2.19. The number of rotatable bonds is 9. The minimum Gasteiger partial charge on any atom is -0.484 e. The lowest BCUT2D eigenvalue weighted by molar-refractivity contribution is -0.139. The van der Waals surface area contributed by atoms with Crippen LogP contribution in [-0.2, 0) is 20.8 Å². The highest BCUT2D eigenvalue weighted by molar-refractivity contribution is 6.35. The van der Waals surface area contributed by atoms with Gasteiger partial charge in [0.15, 0.2) is 6.61 Å². The Bertz CT molecular complexity index is 1170. The molecule has 0 aliphatic rings. The monoisotopic (exact) mass is 472 g/mol. The second kappa shape index (κ2) is 12.7. The number of aryl methyl sites for hydroxylation is 2. The van der Waals surface area contributed by atoms with E-state index in [1.807, 2.05) is 62.4 Å². The molecule has 0 aliphatic heterocycles. The number of nitrogens with zero attached hydrogens (tertiary/aromatic N) is 1. The smallest absolute Gasteiger partial charge is 0.329 e. The van der Waals surface area contributed by atoms with Gasteiger partial charge >= 0.3 is 11.8 Å². The van der Waals surface area contributed by atoms with Crippen LogP contribution in [0.25, 0.3) is 0 Å². The standard InChI is InChI=1S/C27H28N4O4/c1-19-7-6-8-20(2)25(19)30-24(32)18-35-23-13-11-22(12-14-23)17-29-31-27(34)26(33)28-16-15-21-9-4-3-5-10-21/h3-14,17H,15-16,18H2,1-2H3,(H,28,33)(H,30,32)(H,31,34)/b29-17-. The van der Waals surface area contributed by atoms with Crippen LogP contribution >= 0.6 is 0 Å². The van der Waals surface area contributed by atoms with Crippen molar-refractivity contribution in [2.45, 2.75) is 20.3 Å². The molecule has 8 heteroatoms. The molecule has 8 nitrogen and oxygen atoms in total. The van der Waals surface area contributed by atoms with Crippen molar-refractivity contribution < 1.29 is 19.1 Å². The van der Waals surface area contributed by atoms with Gasteiger partial charge in [0.1, 0.15) is 5.75 Å². The highest BCUT2D eigenvalue weighted by atomic mass is 16.5. The Morgan fingerprint density at radius 2 is 1.54 bits per heavy atom. The predicted molar refractivity (Wildman–Crippen MR) is 135 cm³/mol. The van der Waals surface area contributed by atoms with Crippen molar-refractivity contribution in [2.75, 3.05) is 18.5 Å². The van der Waals surface area contributed by atoms with Crippen molar-refractivity contribution in [3.63, 3.8) is 0 Å². The maximum atomic E-state index is 12.2. The lowest BCUT2D eigenvalue weighted by atomic mass is 10.1. The average molecular weight is 473 g/mol. The third kappa shape index (κ3) is 8.12. The topological polar surface area (TPSA) is 109 Å². The van der Waals surface area contributed by atoms with Gasteiger partial charge in [-0.15, -0.1) is 0 Å². The predicted octanol–water partition coefficient (Wildman–Crippen LogP) is 3.13. The van der Waals surface area contributed by atoms with E-state index in [9.17, 15) is 14.4 Å². The molecule has 0 unspecified atom stereocenters. The van der Waals surface area contributed by atoms with Crippen LogP contribution in [0.5, 0.6) is 5.75 Å². The summed E-state index contributed by atoms with van der Waals surface area (Å²) < 4.78 is 5.54. The van der Waals surface area contributed by atoms with Gasteiger partial charge in [-0.2, -0.15) is 5.10 Å². The Hall–Kier alpha value is -4.46. The SMILES string of the molecule is Cc1cccc(C)c1NC(=O)COc1ccc(/C=N\NC(=O)C(=O)NCCc2ccccc2)cc1. The van der Waals surface area contributed by atoms with Crippen molar-refractivity contribution in [3.05, 3.63) is 95.1 Å². The number of amides is 3. The first kappa shape index (κ1) is 25.2. The normalized spacial score (nSPS) is 10.6. The number of para-hydroxylation sites is 1. The largest absolute Gasteiger partial charge is 0.484 e. The van der Waals surface area contributed by atoms with E-state index in [-0.39, 0.29) is 12.5 Å². The molecule has 35 heavy (non-hydrogen) atoms. The maximum absolute atomic E-state index is 12.2. The van der Waals surface area contributed by atoms with Crippen LogP contribution in [0.1, 0.15) is 22.3 Å². The molecule has 3 rings (SSSR count). The lowest BCUT2D eigenvalue weighted by Gasteiger charge is -2.12. The van der Waals surface area contributed by atoms with Crippen molar-refractivity contribution >= 4 is 29.6 Å². The van der Waals surface area contributed by atoms with Crippen LogP contribution in [0.4, 0.5) is 5.69 Å². The number of carbonyl (C=O) groups excluding carboxylic acids is 3. The third-order valence-corrected chi connectivity index (χ3v) is 5.12. The summed E-state index contributed by atoms with van der Waals surface area (Å²) in [5.74, 6) is -1.33. The van der Waals surface area contributed by atoms with E-state index >= 15 is 0 Å². The zero-order valence-electron chi connectivity index (χ0n) is 19.7. The summed E-state index contributed by atoms with van der Waals surface area (Å²) in [6.07, 6.45) is 2.04. The average Bonchev–Trinajstić information content (AvgIpc) is 2.86. The Kier molecular flexibility index (Phi) is 9.13. The Labute approximate surface area is 204 Å². The molecule has 0 aromatic heterocycles. The van der Waals surface area contributed by atoms with Crippen LogP contribution in [0.15, 0.2) is 77.9 Å². The Balaban J connectivity index is 1.39. The van der Waals surface area contributed by atoms with Gasteiger partial charge in [-0.1, -0.05) is 48.5 Å². The van der Waals surface area contributed by atoms with E-state index in [1.54, 1.807) is 24.3 Å². The van der Waals surface area contributed by atoms with Gasteiger partial charge in [0.05, 0.1) is 6.21 Å². The van der Waals surface area contributed by atoms with E-state index in [0.717, 1.165) is 22.4 Å². The van der Waals surface area contributed by atoms with E-state index in [0.29, 0.717) is 24.3 Å². The number of benzene rings is 3. The first-order chi connectivity index (χ1) is 16.9. The summed E-state index contributed by atoms with van der Waals surface area (Å²) in [7, 11) is 0. The summed E-state index contributed by atoms with van der Waals surface area (Å²) in [6.45, 7) is 4.09. The second-order valence-electron chi connectivity index (χ2n) is 7.86. The van der Waals surface area contributed by atoms with Crippen molar-refractivity contribution in [1.82, 2.24) is 10.7 Å². The Morgan fingerprint density at radius 3 is 2.23 bits per heavy atom. The van der Waals surface area contributed by atoms with Crippen LogP contribution < -0.4 is 20.8 Å². The van der Waals surface area contributed by atoms with Gasteiger partial charge in [-0.05, 0) is 66.8 Å². The van der Waals surface area contributed by atoms with Gasteiger partial charge in [0.25, 0.3) is 5.91 Å². The van der Waals surface area contributed by atoms with Crippen LogP contribution in [0, 0.1) is 13.8 Å². The summed E-state index contributed by atoms with van der Waals surface area (Å²) in [4.78, 5) is 35.9. The number of hydrazone groups is 1. The molecule has 3 aromatic carbocycles. The maximum Gasteiger partial charge on any atom is 0.329 e. The summed E-state index contributed by atoms with van der Waals surface area (Å²) in [5, 5.41) is 9.23. The summed E-state index contributed by atoms with van der Waals surface area (Å²) in [6, 6.07) is 22.3. The minimum absolute atomic E-state index is 0.128. The summed E-state index contributed by atoms with van der Waals surface area (Å²) >= 11 is 0. The van der Waals surface area contributed by atoms with E-state index in [1.165, 1.54) is 6.21 Å². The van der Waals surface area contributed by atoms with Gasteiger partial charge in [0, 0.05) is 12.2 Å². The zero-order valence-corrected chi connectivity index (χ0v) is 19.7. The van der Waals surface area contributed by atoms with Gasteiger partial charge in [-0.3, -0.25) is 14.4 Å². The molecule has 0 fully saturated rings. The fraction of sp³-hybridized carbons (Fsp3) is 0.185. The molecule has 3 aromatic rings. The van der Waals surface area contributed by atoms with Gasteiger partial charge < -0.3 is 15.4 Å².